The molecule has 0 saturated carbocycles. The number of halogens is 1. The lowest BCUT2D eigenvalue weighted by Gasteiger charge is -2.11. The van der Waals surface area contributed by atoms with Crippen molar-refractivity contribution >= 4 is 27.4 Å². The number of carbonyl (C=O) groups excluding carboxylic acids is 1. The molecule has 0 fully saturated rings. The fraction of sp³-hybridized carbons (Fsp3) is 0.417. The van der Waals surface area contributed by atoms with Crippen LogP contribution < -0.4 is 5.73 Å². The Morgan fingerprint density at radius 2 is 2.25 bits per heavy atom. The Hall–Kier alpha value is -0.870. The molecule has 0 bridgehead atoms. The van der Waals surface area contributed by atoms with Gasteiger partial charge in [0.1, 0.15) is 0 Å². The van der Waals surface area contributed by atoms with Gasteiger partial charge in [-0.2, -0.15) is 0 Å². The highest BCUT2D eigenvalue weighted by atomic mass is 79.9. The van der Waals surface area contributed by atoms with Crippen molar-refractivity contribution in [1.29, 1.82) is 0 Å². The largest absolute Gasteiger partial charge is 0.399 e. The number of ether oxygens (including phenoxy) is 1. The average Bonchev–Trinajstić information content (AvgIpc) is 2.28. The van der Waals surface area contributed by atoms with Crippen LogP contribution in [0.25, 0.3) is 0 Å². The molecule has 1 aromatic carbocycles. The van der Waals surface area contributed by atoms with Crippen molar-refractivity contribution in [2.75, 3.05) is 19.5 Å². The molecule has 0 aliphatic carbocycles. The van der Waals surface area contributed by atoms with Gasteiger partial charge in [0.25, 0.3) is 0 Å². The third kappa shape index (κ3) is 3.32. The van der Waals surface area contributed by atoms with Crippen molar-refractivity contribution < 1.29 is 9.53 Å². The maximum Gasteiger partial charge on any atom is 0.166 e. The van der Waals surface area contributed by atoms with Gasteiger partial charge in [-0.3, -0.25) is 4.79 Å². The Bertz CT molecular complexity index is 379. The van der Waals surface area contributed by atoms with Crippen molar-refractivity contribution in [1.82, 2.24) is 0 Å². The van der Waals surface area contributed by atoms with E-state index in [0.717, 1.165) is 10.9 Å². The normalized spacial score (nSPS) is 12.4. The standard InChI is InChI=1S/C12H16BrNO2/c1-8(5-6-16-2)12(15)10-7-9(14)3-4-11(10)13/h3-4,7-8H,5-6,14H2,1-2H3. The number of anilines is 1. The lowest BCUT2D eigenvalue weighted by Crippen LogP contribution is -2.14. The SMILES string of the molecule is COCCC(C)C(=O)c1cc(N)ccc1Br. The Morgan fingerprint density at radius 1 is 1.56 bits per heavy atom. The topological polar surface area (TPSA) is 52.3 Å². The molecule has 2 N–H and O–H groups in total. The highest BCUT2D eigenvalue weighted by Gasteiger charge is 2.17. The number of carbonyl (C=O) groups is 1. The monoisotopic (exact) mass is 285 g/mol. The number of methoxy groups -OCH3 is 1. The molecule has 0 aliphatic rings. The van der Waals surface area contributed by atoms with Gasteiger partial charge in [-0.15, -0.1) is 0 Å². The van der Waals surface area contributed by atoms with Gasteiger partial charge >= 0.3 is 0 Å². The fourth-order valence-corrected chi connectivity index (χ4v) is 1.86. The summed E-state index contributed by atoms with van der Waals surface area (Å²) in [5.74, 6) is 0.0364. The van der Waals surface area contributed by atoms with Gasteiger partial charge in [0.2, 0.25) is 0 Å². The van der Waals surface area contributed by atoms with E-state index in [2.05, 4.69) is 15.9 Å². The van der Waals surface area contributed by atoms with Crippen LogP contribution in [0.15, 0.2) is 22.7 Å². The molecule has 0 aromatic heterocycles. The molecule has 1 aromatic rings. The second kappa shape index (κ2) is 6.01. The number of benzene rings is 1. The number of ketones is 1. The summed E-state index contributed by atoms with van der Waals surface area (Å²) in [5.41, 5.74) is 6.91. The van der Waals surface area contributed by atoms with Gasteiger partial charge in [0, 0.05) is 35.4 Å². The molecule has 0 saturated heterocycles. The van der Waals surface area contributed by atoms with Gasteiger partial charge in [0.05, 0.1) is 0 Å². The first-order valence-corrected chi connectivity index (χ1v) is 5.93. The number of hydrogen-bond donors (Lipinski definition) is 1. The van der Waals surface area contributed by atoms with Crippen LogP contribution in [0.5, 0.6) is 0 Å². The molecular weight excluding hydrogens is 270 g/mol. The number of Topliss-reactive ketones (excluding diaryl/α,β-unsaturated/α-hetero) is 1. The van der Waals surface area contributed by atoms with E-state index < -0.39 is 0 Å². The van der Waals surface area contributed by atoms with E-state index in [1.807, 2.05) is 6.92 Å². The zero-order valence-electron chi connectivity index (χ0n) is 9.50. The summed E-state index contributed by atoms with van der Waals surface area (Å²) >= 11 is 3.36. The number of nitrogen functional groups attached to an aromatic ring is 1. The molecule has 3 nitrogen and oxygen atoms in total. The molecule has 1 unspecified atom stereocenters. The fourth-order valence-electron chi connectivity index (χ4n) is 1.42. The van der Waals surface area contributed by atoms with Crippen LogP contribution in [0.2, 0.25) is 0 Å². The van der Waals surface area contributed by atoms with Gasteiger partial charge in [-0.1, -0.05) is 22.9 Å². The van der Waals surface area contributed by atoms with Gasteiger partial charge in [0.15, 0.2) is 5.78 Å². The minimum absolute atomic E-state index is 0.0574. The van der Waals surface area contributed by atoms with Crippen LogP contribution in [0.3, 0.4) is 0 Å². The summed E-state index contributed by atoms with van der Waals surface area (Å²) in [6.07, 6.45) is 0.719. The maximum atomic E-state index is 12.1. The van der Waals surface area contributed by atoms with Gasteiger partial charge in [-0.05, 0) is 24.6 Å². The van der Waals surface area contributed by atoms with Crippen LogP contribution in [-0.4, -0.2) is 19.5 Å². The van der Waals surface area contributed by atoms with Crippen LogP contribution in [0, 0.1) is 5.92 Å². The Labute approximate surface area is 104 Å². The van der Waals surface area contributed by atoms with Crippen molar-refractivity contribution in [3.05, 3.63) is 28.2 Å². The van der Waals surface area contributed by atoms with Crippen LogP contribution in [-0.2, 0) is 4.74 Å². The van der Waals surface area contributed by atoms with Gasteiger partial charge < -0.3 is 10.5 Å². The first-order valence-electron chi connectivity index (χ1n) is 5.14. The predicted octanol–water partition coefficient (Wildman–Crippen LogP) is 2.89. The minimum atomic E-state index is -0.0574. The molecular formula is C12H16BrNO2. The highest BCUT2D eigenvalue weighted by molar-refractivity contribution is 9.10. The highest BCUT2D eigenvalue weighted by Crippen LogP contribution is 2.23. The zero-order valence-corrected chi connectivity index (χ0v) is 11.1. The minimum Gasteiger partial charge on any atom is -0.399 e. The Kier molecular flexibility index (Phi) is 4.96. The van der Waals surface area contributed by atoms with E-state index in [1.165, 1.54) is 0 Å². The molecule has 0 radical (unpaired) electrons. The molecule has 88 valence electrons. The molecule has 1 rings (SSSR count). The third-order valence-corrected chi connectivity index (χ3v) is 3.15. The zero-order chi connectivity index (χ0) is 12.1. The molecule has 0 aliphatic heterocycles. The molecule has 1 atom stereocenters. The van der Waals surface area contributed by atoms with Crippen LogP contribution in [0.1, 0.15) is 23.7 Å². The van der Waals surface area contributed by atoms with E-state index in [1.54, 1.807) is 25.3 Å². The lowest BCUT2D eigenvalue weighted by molar-refractivity contribution is 0.0893. The Morgan fingerprint density at radius 3 is 2.88 bits per heavy atom. The molecule has 0 heterocycles. The van der Waals surface area contributed by atoms with E-state index >= 15 is 0 Å². The summed E-state index contributed by atoms with van der Waals surface area (Å²) in [6.45, 7) is 2.49. The number of rotatable bonds is 5. The summed E-state index contributed by atoms with van der Waals surface area (Å²) in [5, 5.41) is 0. The summed E-state index contributed by atoms with van der Waals surface area (Å²) in [7, 11) is 1.63. The Balaban J connectivity index is 2.83. The van der Waals surface area contributed by atoms with Crippen molar-refractivity contribution in [3.8, 4) is 0 Å². The molecule has 4 heteroatoms. The van der Waals surface area contributed by atoms with E-state index in [4.69, 9.17) is 10.5 Å². The summed E-state index contributed by atoms with van der Waals surface area (Å²) in [6, 6.07) is 5.27. The summed E-state index contributed by atoms with van der Waals surface area (Å²) < 4.78 is 5.75. The first kappa shape index (κ1) is 13.2. The molecule has 0 spiro atoms. The van der Waals surface area contributed by atoms with Crippen LogP contribution in [0.4, 0.5) is 5.69 Å². The van der Waals surface area contributed by atoms with Crippen LogP contribution >= 0.6 is 15.9 Å². The smallest absolute Gasteiger partial charge is 0.166 e. The second-order valence-corrected chi connectivity index (χ2v) is 4.64. The summed E-state index contributed by atoms with van der Waals surface area (Å²) in [4.78, 5) is 12.1. The molecule has 16 heavy (non-hydrogen) atoms. The van der Waals surface area contributed by atoms with E-state index in [9.17, 15) is 4.79 Å². The first-order chi connectivity index (χ1) is 7.56. The van der Waals surface area contributed by atoms with E-state index in [-0.39, 0.29) is 11.7 Å². The quantitative estimate of drug-likeness (QED) is 0.669. The average molecular weight is 286 g/mol. The lowest BCUT2D eigenvalue weighted by atomic mass is 9.96. The second-order valence-electron chi connectivity index (χ2n) is 3.79. The predicted molar refractivity (Wildman–Crippen MR) is 68.5 cm³/mol. The van der Waals surface area contributed by atoms with E-state index in [0.29, 0.717) is 17.9 Å². The maximum absolute atomic E-state index is 12.1. The van der Waals surface area contributed by atoms with Crippen molar-refractivity contribution in [2.24, 2.45) is 5.92 Å². The van der Waals surface area contributed by atoms with Gasteiger partial charge in [-0.25, -0.2) is 0 Å². The van der Waals surface area contributed by atoms with Crippen molar-refractivity contribution in [3.63, 3.8) is 0 Å². The third-order valence-electron chi connectivity index (χ3n) is 2.46. The molecule has 0 amide bonds. The number of hydrogen-bond acceptors (Lipinski definition) is 3. The number of nitrogens with two attached hydrogens (primary N) is 1. The van der Waals surface area contributed by atoms with Crippen molar-refractivity contribution in [2.45, 2.75) is 13.3 Å².